The third-order valence-electron chi connectivity index (χ3n) is 3.51. The summed E-state index contributed by atoms with van der Waals surface area (Å²) in [6.07, 6.45) is 0. The van der Waals surface area contributed by atoms with E-state index in [0.29, 0.717) is 18.0 Å². The van der Waals surface area contributed by atoms with Gasteiger partial charge in [0.15, 0.2) is 4.34 Å². The summed E-state index contributed by atoms with van der Waals surface area (Å²) in [5, 5.41) is 11.6. The highest BCUT2D eigenvalue weighted by Crippen LogP contribution is 2.38. The number of aryl methyl sites for hydroxylation is 1. The van der Waals surface area contributed by atoms with Crippen LogP contribution < -0.4 is 10.1 Å². The van der Waals surface area contributed by atoms with Gasteiger partial charge in [0.25, 0.3) is 0 Å². The van der Waals surface area contributed by atoms with Gasteiger partial charge in [-0.05, 0) is 31.5 Å². The maximum atomic E-state index is 13.0. The summed E-state index contributed by atoms with van der Waals surface area (Å²) in [5.41, 5.74) is 1.58. The molecule has 1 heterocycles. The van der Waals surface area contributed by atoms with Crippen LogP contribution in [0.4, 0.5) is 5.69 Å². The average molecular weight is 386 g/mol. The zero-order valence-electron chi connectivity index (χ0n) is 14.5. The molecule has 0 bridgehead atoms. The van der Waals surface area contributed by atoms with Crippen molar-refractivity contribution in [3.05, 3.63) is 65.2 Å². The van der Waals surface area contributed by atoms with E-state index in [-0.39, 0.29) is 5.91 Å². The lowest BCUT2D eigenvalue weighted by molar-refractivity contribution is -0.115. The van der Waals surface area contributed by atoms with Crippen LogP contribution in [0.5, 0.6) is 5.75 Å². The van der Waals surface area contributed by atoms with Gasteiger partial charge in [0.05, 0.1) is 12.3 Å². The minimum atomic E-state index is -0.432. The molecule has 1 atom stereocenters. The molecule has 0 saturated carbocycles. The fourth-order valence-corrected chi connectivity index (χ4v) is 4.38. The molecular weight excluding hydrogens is 366 g/mol. The van der Waals surface area contributed by atoms with E-state index in [4.69, 9.17) is 4.74 Å². The van der Waals surface area contributed by atoms with Crippen molar-refractivity contribution < 1.29 is 9.53 Å². The molecule has 26 heavy (non-hydrogen) atoms. The Morgan fingerprint density at radius 3 is 2.58 bits per heavy atom. The van der Waals surface area contributed by atoms with Crippen LogP contribution in [-0.2, 0) is 4.79 Å². The summed E-state index contributed by atoms with van der Waals surface area (Å²) < 4.78 is 6.37. The monoisotopic (exact) mass is 385 g/mol. The van der Waals surface area contributed by atoms with Crippen LogP contribution in [-0.4, -0.2) is 22.7 Å². The summed E-state index contributed by atoms with van der Waals surface area (Å²) in [4.78, 5) is 13.0. The maximum absolute atomic E-state index is 13.0. The van der Waals surface area contributed by atoms with Crippen molar-refractivity contribution in [3.8, 4) is 5.75 Å². The van der Waals surface area contributed by atoms with Gasteiger partial charge in [0.2, 0.25) is 5.91 Å². The predicted molar refractivity (Wildman–Crippen MR) is 106 cm³/mol. The molecule has 5 nitrogen and oxygen atoms in total. The Balaban J connectivity index is 1.85. The van der Waals surface area contributed by atoms with Crippen molar-refractivity contribution >= 4 is 34.7 Å². The molecule has 7 heteroatoms. The number of para-hydroxylation sites is 2. The lowest BCUT2D eigenvalue weighted by Crippen LogP contribution is -2.19. The maximum Gasteiger partial charge on any atom is 0.242 e. The summed E-state index contributed by atoms with van der Waals surface area (Å²) >= 11 is 2.88. The summed E-state index contributed by atoms with van der Waals surface area (Å²) in [6.45, 7) is 4.35. The molecule has 3 aromatic rings. The van der Waals surface area contributed by atoms with Crippen LogP contribution in [0.2, 0.25) is 0 Å². The van der Waals surface area contributed by atoms with Crippen molar-refractivity contribution in [2.75, 3.05) is 11.9 Å². The molecule has 1 N–H and O–H groups in total. The van der Waals surface area contributed by atoms with Gasteiger partial charge in [-0.1, -0.05) is 65.6 Å². The third-order valence-corrected chi connectivity index (χ3v) is 5.69. The molecule has 0 spiro atoms. The molecule has 1 aromatic heterocycles. The van der Waals surface area contributed by atoms with E-state index < -0.39 is 5.25 Å². The van der Waals surface area contributed by atoms with Crippen molar-refractivity contribution in [1.29, 1.82) is 0 Å². The summed E-state index contributed by atoms with van der Waals surface area (Å²) in [7, 11) is 0. The molecule has 2 aromatic carbocycles. The normalized spacial score (nSPS) is 11.8. The Morgan fingerprint density at radius 2 is 1.88 bits per heavy atom. The standard InChI is InChI=1S/C19H19N3O2S2/c1-3-24-16-12-8-7-11-15(16)20-18(23)17(14-9-5-4-6-10-14)26-19-22-21-13(2)25-19/h4-12,17H,3H2,1-2H3,(H,20,23)/t17-/m1/s1. The lowest BCUT2D eigenvalue weighted by atomic mass is 10.1. The van der Waals surface area contributed by atoms with E-state index >= 15 is 0 Å². The predicted octanol–water partition coefficient (Wildman–Crippen LogP) is 4.72. The number of nitrogens with zero attached hydrogens (tertiary/aromatic N) is 2. The molecule has 0 saturated heterocycles. The van der Waals surface area contributed by atoms with Crippen molar-refractivity contribution in [3.63, 3.8) is 0 Å². The van der Waals surface area contributed by atoms with Crippen LogP contribution >= 0.6 is 23.1 Å². The first kappa shape index (κ1) is 18.4. The second-order valence-electron chi connectivity index (χ2n) is 5.41. The van der Waals surface area contributed by atoms with E-state index in [1.165, 1.54) is 23.1 Å². The minimum Gasteiger partial charge on any atom is -0.492 e. The van der Waals surface area contributed by atoms with Gasteiger partial charge in [-0.25, -0.2) is 0 Å². The minimum absolute atomic E-state index is 0.124. The van der Waals surface area contributed by atoms with Gasteiger partial charge in [-0.15, -0.1) is 10.2 Å². The number of hydrogen-bond donors (Lipinski definition) is 1. The number of nitrogens with one attached hydrogen (secondary N) is 1. The molecule has 0 aliphatic heterocycles. The highest BCUT2D eigenvalue weighted by molar-refractivity contribution is 8.01. The number of carbonyl (C=O) groups excluding carboxylic acids is 1. The van der Waals surface area contributed by atoms with Crippen LogP contribution in [0, 0.1) is 6.92 Å². The Kier molecular flexibility index (Phi) is 6.25. The highest BCUT2D eigenvalue weighted by atomic mass is 32.2. The van der Waals surface area contributed by atoms with Crippen molar-refractivity contribution in [2.24, 2.45) is 0 Å². The first-order valence-electron chi connectivity index (χ1n) is 8.21. The van der Waals surface area contributed by atoms with Crippen molar-refractivity contribution in [2.45, 2.75) is 23.4 Å². The Hall–Kier alpha value is -2.38. The van der Waals surface area contributed by atoms with Crippen LogP contribution in [0.3, 0.4) is 0 Å². The van der Waals surface area contributed by atoms with Gasteiger partial charge >= 0.3 is 0 Å². The highest BCUT2D eigenvalue weighted by Gasteiger charge is 2.24. The zero-order chi connectivity index (χ0) is 18.4. The smallest absolute Gasteiger partial charge is 0.242 e. The number of hydrogen-bond acceptors (Lipinski definition) is 6. The number of amides is 1. The van der Waals surface area contributed by atoms with Crippen molar-refractivity contribution in [1.82, 2.24) is 10.2 Å². The fraction of sp³-hybridized carbons (Fsp3) is 0.211. The number of rotatable bonds is 7. The molecule has 0 aliphatic carbocycles. The third kappa shape index (κ3) is 4.62. The van der Waals surface area contributed by atoms with Gasteiger partial charge in [0.1, 0.15) is 16.0 Å². The molecule has 0 radical (unpaired) electrons. The molecule has 0 unspecified atom stereocenters. The number of anilines is 1. The average Bonchev–Trinajstić information content (AvgIpc) is 3.07. The molecule has 3 rings (SSSR count). The Bertz CT molecular complexity index is 868. The van der Waals surface area contributed by atoms with Crippen LogP contribution in [0.1, 0.15) is 22.7 Å². The Labute approximate surface area is 160 Å². The van der Waals surface area contributed by atoms with Crippen LogP contribution in [0.15, 0.2) is 58.9 Å². The number of benzene rings is 2. The zero-order valence-corrected chi connectivity index (χ0v) is 16.1. The fourth-order valence-electron chi connectivity index (χ4n) is 2.38. The Morgan fingerprint density at radius 1 is 1.15 bits per heavy atom. The van der Waals surface area contributed by atoms with Gasteiger partial charge in [0, 0.05) is 0 Å². The SMILES string of the molecule is CCOc1ccccc1NC(=O)[C@H](Sc1nnc(C)s1)c1ccccc1. The molecular formula is C19H19N3O2S2. The summed E-state index contributed by atoms with van der Waals surface area (Å²) in [5.74, 6) is 0.535. The van der Waals surface area contributed by atoms with E-state index in [1.807, 2.05) is 68.4 Å². The van der Waals surface area contributed by atoms with E-state index in [9.17, 15) is 4.79 Å². The molecule has 134 valence electrons. The first-order chi connectivity index (χ1) is 12.7. The largest absolute Gasteiger partial charge is 0.492 e. The second kappa shape index (κ2) is 8.82. The first-order valence-corrected chi connectivity index (χ1v) is 9.91. The summed E-state index contributed by atoms with van der Waals surface area (Å²) in [6, 6.07) is 17.1. The van der Waals surface area contributed by atoms with E-state index in [0.717, 1.165) is 14.9 Å². The number of aromatic nitrogens is 2. The molecule has 0 aliphatic rings. The quantitative estimate of drug-likeness (QED) is 0.596. The second-order valence-corrected chi connectivity index (χ2v) is 7.95. The van der Waals surface area contributed by atoms with Gasteiger partial charge < -0.3 is 10.1 Å². The van der Waals surface area contributed by atoms with Gasteiger partial charge in [-0.2, -0.15) is 0 Å². The number of thioether (sulfide) groups is 1. The van der Waals surface area contributed by atoms with Gasteiger partial charge in [-0.3, -0.25) is 4.79 Å². The lowest BCUT2D eigenvalue weighted by Gasteiger charge is -2.17. The van der Waals surface area contributed by atoms with Crippen LogP contribution in [0.25, 0.3) is 0 Å². The molecule has 0 fully saturated rings. The topological polar surface area (TPSA) is 64.1 Å². The number of ether oxygens (including phenoxy) is 1. The number of carbonyl (C=O) groups is 1. The van der Waals surface area contributed by atoms with E-state index in [1.54, 1.807) is 0 Å². The van der Waals surface area contributed by atoms with E-state index in [2.05, 4.69) is 15.5 Å². The molecule has 1 amide bonds.